The number of rotatable bonds is 3. The van der Waals surface area contributed by atoms with Gasteiger partial charge in [0, 0.05) is 17.2 Å². The zero-order chi connectivity index (χ0) is 21.3. The van der Waals surface area contributed by atoms with Crippen molar-refractivity contribution in [2.24, 2.45) is 5.73 Å². The molecule has 1 aliphatic heterocycles. The summed E-state index contributed by atoms with van der Waals surface area (Å²) in [6.07, 6.45) is 0. The average molecular weight is 400 g/mol. The van der Waals surface area contributed by atoms with Crippen LogP contribution in [0.15, 0.2) is 78.2 Å². The predicted octanol–water partition coefficient (Wildman–Crippen LogP) is 4.57. The minimum atomic E-state index is -0.721. The third-order valence-electron chi connectivity index (χ3n) is 4.98. The minimum Gasteiger partial charge on any atom is -0.440 e. The van der Waals surface area contributed by atoms with Gasteiger partial charge in [0.05, 0.1) is 11.5 Å². The molecule has 1 aliphatic rings. The maximum absolute atomic E-state index is 14.5. The number of carbonyl (C=O) groups excluding carboxylic acids is 1. The Hall–Kier alpha value is -4.11. The van der Waals surface area contributed by atoms with Gasteiger partial charge in [0.1, 0.15) is 29.0 Å². The van der Waals surface area contributed by atoms with E-state index in [0.717, 1.165) is 5.56 Å². The number of fused-ring (bicyclic) bond motifs is 1. The summed E-state index contributed by atoms with van der Waals surface area (Å²) in [6, 6.07) is 20.1. The van der Waals surface area contributed by atoms with E-state index in [9.17, 15) is 14.4 Å². The lowest BCUT2D eigenvalue weighted by molar-refractivity contribution is 0.0733. The lowest BCUT2D eigenvalue weighted by Crippen LogP contribution is -2.21. The first-order valence-electron chi connectivity index (χ1n) is 9.23. The van der Waals surface area contributed by atoms with Crippen molar-refractivity contribution in [2.75, 3.05) is 0 Å². The van der Waals surface area contributed by atoms with Crippen LogP contribution in [-0.4, -0.2) is 5.97 Å². The van der Waals surface area contributed by atoms with Gasteiger partial charge in [0.15, 0.2) is 0 Å². The van der Waals surface area contributed by atoms with Gasteiger partial charge in [-0.15, -0.1) is 0 Å². The molecule has 1 heterocycles. The van der Waals surface area contributed by atoms with Crippen molar-refractivity contribution in [3.63, 3.8) is 0 Å². The summed E-state index contributed by atoms with van der Waals surface area (Å²) in [5.74, 6) is -1.24. The molecule has 0 radical (unpaired) electrons. The highest BCUT2D eigenvalue weighted by atomic mass is 19.1. The van der Waals surface area contributed by atoms with Crippen molar-refractivity contribution in [1.82, 2.24) is 0 Å². The van der Waals surface area contributed by atoms with E-state index in [1.54, 1.807) is 42.5 Å². The van der Waals surface area contributed by atoms with Gasteiger partial charge in [-0.2, -0.15) is 5.26 Å². The van der Waals surface area contributed by atoms with Crippen LogP contribution < -0.4 is 15.2 Å². The standard InChI is InChI=1S/C24H17FN2O3/c1-14-6-2-3-7-16(14)24(28)29-15-10-11-18-21(12-15)30-23(27)19(13-26)22(18)17-8-4-5-9-20(17)25/h2-12,22H,27H2,1H3. The topological polar surface area (TPSA) is 85.3 Å². The summed E-state index contributed by atoms with van der Waals surface area (Å²) in [4.78, 5) is 12.5. The molecule has 148 valence electrons. The predicted molar refractivity (Wildman–Crippen MR) is 108 cm³/mol. The van der Waals surface area contributed by atoms with Gasteiger partial charge in [-0.25, -0.2) is 9.18 Å². The van der Waals surface area contributed by atoms with Gasteiger partial charge in [-0.1, -0.05) is 42.5 Å². The van der Waals surface area contributed by atoms with Crippen molar-refractivity contribution in [3.05, 3.63) is 106 Å². The van der Waals surface area contributed by atoms with E-state index in [-0.39, 0.29) is 17.2 Å². The lowest BCUT2D eigenvalue weighted by Gasteiger charge is -2.27. The normalized spacial score (nSPS) is 15.0. The van der Waals surface area contributed by atoms with Crippen molar-refractivity contribution >= 4 is 5.97 Å². The molecule has 1 unspecified atom stereocenters. The second-order valence-electron chi connectivity index (χ2n) is 6.85. The van der Waals surface area contributed by atoms with E-state index in [0.29, 0.717) is 22.4 Å². The fourth-order valence-electron chi connectivity index (χ4n) is 3.49. The molecular weight excluding hydrogens is 383 g/mol. The molecule has 1 atom stereocenters. The highest BCUT2D eigenvalue weighted by Crippen LogP contribution is 2.44. The number of nitrogens with zero attached hydrogens (tertiary/aromatic N) is 1. The number of nitriles is 1. The Balaban J connectivity index is 1.73. The van der Waals surface area contributed by atoms with Crippen LogP contribution >= 0.6 is 0 Å². The molecule has 0 aliphatic carbocycles. The Bertz CT molecular complexity index is 1230. The molecule has 0 amide bonds. The maximum Gasteiger partial charge on any atom is 0.343 e. The molecule has 0 saturated carbocycles. The van der Waals surface area contributed by atoms with Crippen molar-refractivity contribution in [3.8, 4) is 17.6 Å². The number of allylic oxidation sites excluding steroid dienone is 1. The first kappa shape index (κ1) is 19.2. The number of benzene rings is 3. The molecule has 6 heteroatoms. The monoisotopic (exact) mass is 400 g/mol. The first-order chi connectivity index (χ1) is 14.5. The fourth-order valence-corrected chi connectivity index (χ4v) is 3.49. The van der Waals surface area contributed by atoms with E-state index < -0.39 is 17.7 Å². The Kier molecular flexibility index (Phi) is 4.95. The third-order valence-corrected chi connectivity index (χ3v) is 4.98. The number of esters is 1. The van der Waals surface area contributed by atoms with Gasteiger partial charge in [0.25, 0.3) is 0 Å². The number of nitrogens with two attached hydrogens (primary N) is 1. The lowest BCUT2D eigenvalue weighted by atomic mass is 9.83. The van der Waals surface area contributed by atoms with Crippen LogP contribution in [0.1, 0.15) is 33.0 Å². The fraction of sp³-hybridized carbons (Fsp3) is 0.0833. The molecule has 2 N–H and O–H groups in total. The number of hydrogen-bond donors (Lipinski definition) is 1. The van der Waals surface area contributed by atoms with Crippen LogP contribution in [0.5, 0.6) is 11.5 Å². The molecule has 0 bridgehead atoms. The van der Waals surface area contributed by atoms with Crippen LogP contribution in [0.25, 0.3) is 0 Å². The van der Waals surface area contributed by atoms with Gasteiger partial charge in [0.2, 0.25) is 5.88 Å². The van der Waals surface area contributed by atoms with E-state index in [1.165, 1.54) is 12.1 Å². The van der Waals surface area contributed by atoms with Crippen molar-refractivity contribution in [1.29, 1.82) is 5.26 Å². The molecule has 0 spiro atoms. The summed E-state index contributed by atoms with van der Waals surface area (Å²) in [7, 11) is 0. The largest absolute Gasteiger partial charge is 0.440 e. The van der Waals surface area contributed by atoms with Gasteiger partial charge < -0.3 is 15.2 Å². The quantitative estimate of drug-likeness (QED) is 0.514. The smallest absolute Gasteiger partial charge is 0.343 e. The molecule has 0 aromatic heterocycles. The third kappa shape index (κ3) is 3.38. The minimum absolute atomic E-state index is 0.111. The van der Waals surface area contributed by atoms with Crippen LogP contribution in [0, 0.1) is 24.1 Å². The zero-order valence-electron chi connectivity index (χ0n) is 16.1. The molecule has 5 nitrogen and oxygen atoms in total. The Morgan fingerprint density at radius 2 is 1.83 bits per heavy atom. The van der Waals surface area contributed by atoms with Gasteiger partial charge >= 0.3 is 5.97 Å². The SMILES string of the molecule is Cc1ccccc1C(=O)Oc1ccc2c(c1)OC(N)=C(C#N)C2c1ccccc1F. The highest BCUT2D eigenvalue weighted by molar-refractivity contribution is 5.92. The first-order valence-corrected chi connectivity index (χ1v) is 9.23. The Morgan fingerprint density at radius 1 is 1.10 bits per heavy atom. The number of hydrogen-bond acceptors (Lipinski definition) is 5. The molecule has 0 saturated heterocycles. The molecule has 3 aromatic rings. The van der Waals surface area contributed by atoms with Crippen LogP contribution in [0.4, 0.5) is 4.39 Å². The Labute approximate surface area is 172 Å². The van der Waals surface area contributed by atoms with Crippen molar-refractivity contribution < 1.29 is 18.7 Å². The van der Waals surface area contributed by atoms with E-state index >= 15 is 0 Å². The summed E-state index contributed by atoms with van der Waals surface area (Å²) in [5, 5.41) is 9.58. The maximum atomic E-state index is 14.5. The summed E-state index contributed by atoms with van der Waals surface area (Å²) < 4.78 is 25.6. The van der Waals surface area contributed by atoms with Crippen LogP contribution in [0.2, 0.25) is 0 Å². The molecular formula is C24H17FN2O3. The Morgan fingerprint density at radius 3 is 2.57 bits per heavy atom. The van der Waals surface area contributed by atoms with Crippen LogP contribution in [-0.2, 0) is 0 Å². The molecule has 4 rings (SSSR count). The number of aryl methyl sites for hydroxylation is 1. The molecule has 30 heavy (non-hydrogen) atoms. The zero-order valence-corrected chi connectivity index (χ0v) is 16.1. The summed E-state index contributed by atoms with van der Waals surface area (Å²) in [5.41, 5.74) is 8.18. The van der Waals surface area contributed by atoms with Gasteiger partial charge in [-0.05, 0) is 30.7 Å². The average Bonchev–Trinajstić information content (AvgIpc) is 2.73. The second kappa shape index (κ2) is 7.72. The van der Waals surface area contributed by atoms with E-state index in [1.807, 2.05) is 25.1 Å². The number of halogens is 1. The van der Waals surface area contributed by atoms with Gasteiger partial charge in [-0.3, -0.25) is 0 Å². The van der Waals surface area contributed by atoms with Crippen molar-refractivity contribution in [2.45, 2.75) is 12.8 Å². The second-order valence-corrected chi connectivity index (χ2v) is 6.85. The molecule has 0 fully saturated rings. The van der Waals surface area contributed by atoms with E-state index in [2.05, 4.69) is 0 Å². The summed E-state index contributed by atoms with van der Waals surface area (Å²) >= 11 is 0. The summed E-state index contributed by atoms with van der Waals surface area (Å²) in [6.45, 7) is 1.82. The van der Waals surface area contributed by atoms with E-state index in [4.69, 9.17) is 15.2 Å². The molecule has 3 aromatic carbocycles. The number of ether oxygens (including phenoxy) is 2. The van der Waals surface area contributed by atoms with Crippen LogP contribution in [0.3, 0.4) is 0 Å². The number of carbonyl (C=O) groups is 1. The highest BCUT2D eigenvalue weighted by Gasteiger charge is 2.32.